The van der Waals surface area contributed by atoms with Gasteiger partial charge in [-0.25, -0.2) is 4.79 Å². The maximum absolute atomic E-state index is 12.3. The number of hydrogen-bond acceptors (Lipinski definition) is 5. The number of aromatic nitrogens is 2. The van der Waals surface area contributed by atoms with Crippen LogP contribution in [0.3, 0.4) is 0 Å². The molecule has 0 spiro atoms. The van der Waals surface area contributed by atoms with Crippen LogP contribution in [0.15, 0.2) is 63.9 Å². The summed E-state index contributed by atoms with van der Waals surface area (Å²) in [6.45, 7) is 0.470. The standard InChI is InChI=1S/C18H15N3O5/c22-18-16-17(13-8-4-5-9-14(13)21(23)24)25-15(10-11-20(16)19-26-18)12-6-2-1-3-7-12/h1-9,15,17H,10-11H2/p+1/t15-,17-/m0/s1. The van der Waals surface area contributed by atoms with Crippen LogP contribution in [-0.4, -0.2) is 10.2 Å². The number of aryl methyl sites for hydroxylation is 1. The van der Waals surface area contributed by atoms with Crippen molar-refractivity contribution in [3.8, 4) is 0 Å². The van der Waals surface area contributed by atoms with Gasteiger partial charge in [0.25, 0.3) is 5.69 Å². The first-order valence-corrected chi connectivity index (χ1v) is 8.20. The molecule has 1 aliphatic heterocycles. The average molecular weight is 354 g/mol. The fourth-order valence-electron chi connectivity index (χ4n) is 3.28. The van der Waals surface area contributed by atoms with Crippen molar-refractivity contribution in [2.24, 2.45) is 0 Å². The summed E-state index contributed by atoms with van der Waals surface area (Å²) >= 11 is 0. The lowest BCUT2D eigenvalue weighted by atomic mass is 10.0. The Labute approximate surface area is 147 Å². The molecule has 0 aliphatic carbocycles. The van der Waals surface area contributed by atoms with Gasteiger partial charge >= 0.3 is 11.3 Å². The third kappa shape index (κ3) is 2.80. The number of benzene rings is 2. The summed E-state index contributed by atoms with van der Waals surface area (Å²) in [6, 6.07) is 15.9. The first-order valence-electron chi connectivity index (χ1n) is 8.20. The van der Waals surface area contributed by atoms with Gasteiger partial charge in [0.05, 0.1) is 16.6 Å². The Morgan fingerprint density at radius 3 is 2.62 bits per heavy atom. The number of nitrogens with one attached hydrogen (secondary N) is 1. The Bertz CT molecular complexity index is 995. The maximum atomic E-state index is 12.3. The minimum Gasteiger partial charge on any atom is -0.354 e. The van der Waals surface area contributed by atoms with Crippen LogP contribution in [0.5, 0.6) is 0 Å². The van der Waals surface area contributed by atoms with E-state index in [0.29, 0.717) is 18.5 Å². The molecule has 2 aromatic carbocycles. The van der Waals surface area contributed by atoms with Crippen molar-refractivity contribution in [2.45, 2.75) is 25.2 Å². The second-order valence-electron chi connectivity index (χ2n) is 6.04. The van der Waals surface area contributed by atoms with Gasteiger partial charge in [0.15, 0.2) is 12.6 Å². The Balaban J connectivity index is 1.85. The van der Waals surface area contributed by atoms with E-state index < -0.39 is 16.7 Å². The summed E-state index contributed by atoms with van der Waals surface area (Å²) in [4.78, 5) is 23.3. The van der Waals surface area contributed by atoms with Gasteiger partial charge in [-0.1, -0.05) is 47.1 Å². The molecule has 1 aliphatic rings. The first-order chi connectivity index (χ1) is 12.6. The van der Waals surface area contributed by atoms with Crippen molar-refractivity contribution in [2.75, 3.05) is 0 Å². The lowest BCUT2D eigenvalue weighted by Crippen LogP contribution is -2.41. The molecule has 0 saturated carbocycles. The van der Waals surface area contributed by atoms with Crippen molar-refractivity contribution in [3.05, 3.63) is 92.0 Å². The lowest BCUT2D eigenvalue weighted by Gasteiger charge is -2.19. The third-order valence-corrected chi connectivity index (χ3v) is 4.50. The average Bonchev–Trinajstić information content (AvgIpc) is 2.92. The van der Waals surface area contributed by atoms with Crippen LogP contribution in [0.1, 0.15) is 35.4 Å². The van der Waals surface area contributed by atoms with Gasteiger partial charge in [-0.05, 0) is 16.9 Å². The highest BCUT2D eigenvalue weighted by molar-refractivity contribution is 5.43. The van der Waals surface area contributed by atoms with Crippen molar-refractivity contribution < 1.29 is 18.9 Å². The highest BCUT2D eigenvalue weighted by Crippen LogP contribution is 2.37. The molecule has 2 heterocycles. The number of hydrogen-bond donors (Lipinski definition) is 1. The fraction of sp³-hybridized carbons (Fsp3) is 0.222. The van der Waals surface area contributed by atoms with E-state index in [0.717, 1.165) is 5.56 Å². The Hall–Kier alpha value is -3.26. The molecule has 0 radical (unpaired) electrons. The van der Waals surface area contributed by atoms with Gasteiger partial charge in [-0.2, -0.15) is 0 Å². The number of para-hydroxylation sites is 1. The van der Waals surface area contributed by atoms with E-state index in [4.69, 9.17) is 9.26 Å². The van der Waals surface area contributed by atoms with Crippen LogP contribution in [0, 0.1) is 10.1 Å². The predicted molar refractivity (Wildman–Crippen MR) is 89.3 cm³/mol. The molecule has 0 bridgehead atoms. The van der Waals surface area contributed by atoms with Gasteiger partial charge in [0.1, 0.15) is 0 Å². The minimum absolute atomic E-state index is 0.0987. The number of nitrogens with zero attached hydrogens (tertiary/aromatic N) is 2. The van der Waals surface area contributed by atoms with E-state index in [1.807, 2.05) is 30.3 Å². The van der Waals surface area contributed by atoms with E-state index in [-0.39, 0.29) is 17.5 Å². The number of ether oxygens (including phenoxy) is 1. The van der Waals surface area contributed by atoms with E-state index in [9.17, 15) is 14.9 Å². The van der Waals surface area contributed by atoms with Gasteiger partial charge in [-0.3, -0.25) is 14.6 Å². The van der Waals surface area contributed by atoms with Gasteiger partial charge in [-0.15, -0.1) is 0 Å². The second kappa shape index (κ2) is 6.57. The zero-order valence-electron chi connectivity index (χ0n) is 13.7. The second-order valence-corrected chi connectivity index (χ2v) is 6.04. The smallest absolute Gasteiger partial charge is 0.354 e. The van der Waals surface area contributed by atoms with E-state index >= 15 is 0 Å². The summed E-state index contributed by atoms with van der Waals surface area (Å²) in [5.41, 5.74) is 0.796. The topological polar surface area (TPSA) is 102 Å². The summed E-state index contributed by atoms with van der Waals surface area (Å²) in [5.74, 6) is 0. The van der Waals surface area contributed by atoms with Gasteiger partial charge < -0.3 is 4.74 Å². The van der Waals surface area contributed by atoms with E-state index in [1.54, 1.807) is 22.9 Å². The minimum atomic E-state index is -0.910. The van der Waals surface area contributed by atoms with Crippen LogP contribution in [0.25, 0.3) is 0 Å². The molecule has 4 rings (SSSR count). The van der Waals surface area contributed by atoms with Crippen LogP contribution in [0.2, 0.25) is 0 Å². The van der Waals surface area contributed by atoms with Crippen molar-refractivity contribution in [1.82, 2.24) is 5.27 Å². The summed E-state index contributed by atoms with van der Waals surface area (Å²) in [7, 11) is 0. The van der Waals surface area contributed by atoms with Crippen LogP contribution >= 0.6 is 0 Å². The molecule has 0 saturated heterocycles. The lowest BCUT2D eigenvalue weighted by molar-refractivity contribution is -0.768. The van der Waals surface area contributed by atoms with Crippen molar-refractivity contribution >= 4 is 5.69 Å². The summed E-state index contributed by atoms with van der Waals surface area (Å²) in [6.07, 6.45) is -0.630. The van der Waals surface area contributed by atoms with Crippen molar-refractivity contribution in [3.63, 3.8) is 0 Å². The summed E-state index contributed by atoms with van der Waals surface area (Å²) in [5, 5.41) is 14.0. The number of H-pyrrole nitrogens is 1. The van der Waals surface area contributed by atoms with E-state index in [1.165, 1.54) is 6.07 Å². The van der Waals surface area contributed by atoms with Gasteiger partial charge in [0, 0.05) is 12.5 Å². The molecule has 1 N–H and O–H groups in total. The molecule has 132 valence electrons. The molecule has 0 amide bonds. The molecular weight excluding hydrogens is 338 g/mol. The number of aromatic amines is 1. The molecule has 8 nitrogen and oxygen atoms in total. The molecule has 26 heavy (non-hydrogen) atoms. The quantitative estimate of drug-likeness (QED) is 0.442. The number of rotatable bonds is 3. The predicted octanol–water partition coefficient (Wildman–Crippen LogP) is 2.41. The maximum Gasteiger partial charge on any atom is 0.433 e. The SMILES string of the molecule is O=c1o[nH][n+]2c1[C@H](c1ccccc1[N+](=O)[O-])O[C@H](c1ccccc1)CC2. The fourth-order valence-corrected chi connectivity index (χ4v) is 3.28. The Morgan fingerprint density at radius 1 is 1.12 bits per heavy atom. The largest absolute Gasteiger partial charge is 0.433 e. The zero-order valence-corrected chi connectivity index (χ0v) is 13.7. The normalized spacial score (nSPS) is 19.5. The number of fused-ring (bicyclic) bond motifs is 1. The van der Waals surface area contributed by atoms with Crippen LogP contribution in [0.4, 0.5) is 5.69 Å². The zero-order chi connectivity index (χ0) is 18.1. The number of nitro benzene ring substituents is 1. The molecule has 0 fully saturated rings. The molecular formula is C18H16N3O5+. The molecule has 0 unspecified atom stereocenters. The summed E-state index contributed by atoms with van der Waals surface area (Å²) < 4.78 is 12.7. The highest BCUT2D eigenvalue weighted by atomic mass is 16.6. The molecule has 2 atom stereocenters. The van der Waals surface area contributed by atoms with Crippen LogP contribution in [-0.2, 0) is 11.3 Å². The van der Waals surface area contributed by atoms with E-state index in [2.05, 4.69) is 5.27 Å². The van der Waals surface area contributed by atoms with Gasteiger partial charge in [0.2, 0.25) is 0 Å². The molecule has 1 aromatic heterocycles. The number of nitro groups is 1. The van der Waals surface area contributed by atoms with Crippen LogP contribution < -0.4 is 10.3 Å². The molecule has 3 aromatic rings. The third-order valence-electron chi connectivity index (χ3n) is 4.50. The first kappa shape index (κ1) is 16.2. The molecule has 8 heteroatoms. The Kier molecular flexibility index (Phi) is 4.10. The highest BCUT2D eigenvalue weighted by Gasteiger charge is 2.41. The monoisotopic (exact) mass is 354 g/mol. The van der Waals surface area contributed by atoms with Crippen molar-refractivity contribution in [1.29, 1.82) is 0 Å². The Morgan fingerprint density at radius 2 is 1.85 bits per heavy atom.